The van der Waals surface area contributed by atoms with E-state index in [9.17, 15) is 13.6 Å². The van der Waals surface area contributed by atoms with E-state index in [4.69, 9.17) is 5.73 Å². The van der Waals surface area contributed by atoms with Crippen molar-refractivity contribution in [1.82, 2.24) is 4.90 Å². The molecule has 0 radical (unpaired) electrons. The second-order valence-electron chi connectivity index (χ2n) is 4.88. The van der Waals surface area contributed by atoms with Crippen molar-refractivity contribution in [3.63, 3.8) is 0 Å². The molecular formula is C16H16F2N2O. The molecule has 0 saturated carbocycles. The lowest BCUT2D eigenvalue weighted by Crippen LogP contribution is -2.28. The van der Waals surface area contributed by atoms with Gasteiger partial charge in [0.15, 0.2) is 11.6 Å². The number of nitrogens with zero attached hydrogens (tertiary/aromatic N) is 1. The van der Waals surface area contributed by atoms with E-state index in [0.717, 1.165) is 11.6 Å². The fourth-order valence-corrected chi connectivity index (χ4v) is 1.97. The van der Waals surface area contributed by atoms with Gasteiger partial charge in [0.05, 0.1) is 6.42 Å². The molecule has 0 fully saturated rings. The summed E-state index contributed by atoms with van der Waals surface area (Å²) in [7, 11) is 1.62. The molecule has 0 aliphatic heterocycles. The molecule has 2 rings (SSSR count). The summed E-state index contributed by atoms with van der Waals surface area (Å²) < 4.78 is 26.6. The lowest BCUT2D eigenvalue weighted by Gasteiger charge is -2.17. The zero-order valence-electron chi connectivity index (χ0n) is 11.6. The first-order chi connectivity index (χ1) is 9.97. The maximum atomic E-state index is 13.5. The van der Waals surface area contributed by atoms with E-state index in [0.29, 0.717) is 12.2 Å². The number of nitrogens with two attached hydrogens (primary N) is 1. The number of carbonyl (C=O) groups excluding carboxylic acids is 1. The molecule has 0 spiro atoms. The maximum absolute atomic E-state index is 13.5. The molecule has 0 atom stereocenters. The molecule has 0 unspecified atom stereocenters. The van der Waals surface area contributed by atoms with Gasteiger partial charge in [-0.2, -0.15) is 0 Å². The Morgan fingerprint density at radius 2 is 1.81 bits per heavy atom. The largest absolute Gasteiger partial charge is 0.399 e. The van der Waals surface area contributed by atoms with Crippen molar-refractivity contribution in [3.8, 4) is 0 Å². The lowest BCUT2D eigenvalue weighted by molar-refractivity contribution is -0.129. The molecule has 2 N–H and O–H groups in total. The molecule has 0 aromatic heterocycles. The van der Waals surface area contributed by atoms with Crippen LogP contribution in [0.25, 0.3) is 0 Å². The van der Waals surface area contributed by atoms with Crippen LogP contribution in [0.3, 0.4) is 0 Å². The van der Waals surface area contributed by atoms with E-state index < -0.39 is 11.6 Å². The highest BCUT2D eigenvalue weighted by Gasteiger charge is 2.15. The van der Waals surface area contributed by atoms with Gasteiger partial charge < -0.3 is 10.6 Å². The Morgan fingerprint density at radius 1 is 1.14 bits per heavy atom. The number of halogens is 2. The van der Waals surface area contributed by atoms with Crippen molar-refractivity contribution in [2.45, 2.75) is 13.0 Å². The summed E-state index contributed by atoms with van der Waals surface area (Å²) in [6.45, 7) is 0.385. The van der Waals surface area contributed by atoms with E-state index in [1.807, 2.05) is 12.1 Å². The number of carbonyl (C=O) groups is 1. The number of hydrogen-bond donors (Lipinski definition) is 1. The summed E-state index contributed by atoms with van der Waals surface area (Å²) in [4.78, 5) is 13.5. The number of amides is 1. The van der Waals surface area contributed by atoms with Gasteiger partial charge in [-0.05, 0) is 23.8 Å². The predicted octanol–water partition coefficient (Wildman–Crippen LogP) is 2.75. The van der Waals surface area contributed by atoms with Gasteiger partial charge in [-0.25, -0.2) is 8.78 Å². The van der Waals surface area contributed by atoms with E-state index in [1.165, 1.54) is 17.0 Å². The van der Waals surface area contributed by atoms with E-state index in [1.54, 1.807) is 19.2 Å². The molecule has 0 bridgehead atoms. The monoisotopic (exact) mass is 290 g/mol. The van der Waals surface area contributed by atoms with Crippen molar-refractivity contribution < 1.29 is 13.6 Å². The van der Waals surface area contributed by atoms with Crippen molar-refractivity contribution in [2.24, 2.45) is 0 Å². The number of hydrogen-bond acceptors (Lipinski definition) is 2. The number of anilines is 1. The van der Waals surface area contributed by atoms with Crippen LogP contribution in [-0.4, -0.2) is 17.9 Å². The number of likely N-dealkylation sites (N-methyl/N-ethyl adjacent to an activating group) is 1. The smallest absolute Gasteiger partial charge is 0.227 e. The Labute approximate surface area is 122 Å². The minimum atomic E-state index is -0.966. The predicted molar refractivity (Wildman–Crippen MR) is 77.4 cm³/mol. The quantitative estimate of drug-likeness (QED) is 0.880. The average Bonchev–Trinajstić information content (AvgIpc) is 2.46. The highest BCUT2D eigenvalue weighted by Crippen LogP contribution is 2.14. The molecule has 3 nitrogen and oxygen atoms in total. The highest BCUT2D eigenvalue weighted by atomic mass is 19.2. The molecule has 21 heavy (non-hydrogen) atoms. The molecule has 1 amide bonds. The van der Waals surface area contributed by atoms with E-state index >= 15 is 0 Å². The van der Waals surface area contributed by atoms with Gasteiger partial charge in [-0.15, -0.1) is 0 Å². The van der Waals surface area contributed by atoms with Crippen molar-refractivity contribution in [1.29, 1.82) is 0 Å². The fourth-order valence-electron chi connectivity index (χ4n) is 1.97. The molecule has 0 saturated heterocycles. The summed E-state index contributed by atoms with van der Waals surface area (Å²) in [6.07, 6.45) is -0.172. The normalized spacial score (nSPS) is 10.4. The molecule has 5 heteroatoms. The van der Waals surface area contributed by atoms with Crippen LogP contribution in [-0.2, 0) is 17.8 Å². The number of rotatable bonds is 4. The van der Waals surface area contributed by atoms with Crippen LogP contribution in [0, 0.1) is 11.6 Å². The fraction of sp³-hybridized carbons (Fsp3) is 0.188. The minimum absolute atomic E-state index is 0.0594. The van der Waals surface area contributed by atoms with Gasteiger partial charge in [0.1, 0.15) is 0 Å². The van der Waals surface area contributed by atoms with Gasteiger partial charge in [0.25, 0.3) is 0 Å². The molecule has 0 aliphatic carbocycles. The van der Waals surface area contributed by atoms with Crippen molar-refractivity contribution >= 4 is 11.6 Å². The van der Waals surface area contributed by atoms with E-state index in [-0.39, 0.29) is 17.9 Å². The van der Waals surface area contributed by atoms with Crippen LogP contribution in [0.2, 0.25) is 0 Å². The van der Waals surface area contributed by atoms with Crippen LogP contribution in [0.4, 0.5) is 14.5 Å². The molecule has 2 aromatic carbocycles. The van der Waals surface area contributed by atoms with Crippen LogP contribution >= 0.6 is 0 Å². The SMILES string of the molecule is CN(Cc1ccc(N)cc1)C(=O)Cc1cccc(F)c1F. The van der Waals surface area contributed by atoms with Crippen LogP contribution in [0.15, 0.2) is 42.5 Å². The standard InChI is InChI=1S/C16H16F2N2O/c1-20(10-11-5-7-13(19)8-6-11)15(21)9-12-3-2-4-14(17)16(12)18/h2-8H,9-10,19H2,1H3. The first kappa shape index (κ1) is 15.0. The topological polar surface area (TPSA) is 46.3 Å². The summed E-state index contributed by atoms with van der Waals surface area (Å²) in [5, 5.41) is 0. The summed E-state index contributed by atoms with van der Waals surface area (Å²) in [5.41, 5.74) is 7.22. The third-order valence-corrected chi connectivity index (χ3v) is 3.20. The molecule has 0 aliphatic rings. The average molecular weight is 290 g/mol. The molecule has 0 heterocycles. The Hall–Kier alpha value is -2.43. The second-order valence-corrected chi connectivity index (χ2v) is 4.88. The Kier molecular flexibility index (Phi) is 4.52. The zero-order chi connectivity index (χ0) is 15.4. The van der Waals surface area contributed by atoms with Crippen LogP contribution in [0.1, 0.15) is 11.1 Å². The van der Waals surface area contributed by atoms with Crippen LogP contribution in [0.5, 0.6) is 0 Å². The van der Waals surface area contributed by atoms with Gasteiger partial charge in [-0.3, -0.25) is 4.79 Å². The first-order valence-corrected chi connectivity index (χ1v) is 6.48. The Balaban J connectivity index is 2.02. The van der Waals surface area contributed by atoms with Crippen molar-refractivity contribution in [3.05, 3.63) is 65.2 Å². The summed E-state index contributed by atoms with van der Waals surface area (Å²) in [5.74, 6) is -2.19. The Bertz CT molecular complexity index is 641. The second kappa shape index (κ2) is 6.35. The van der Waals surface area contributed by atoms with Gasteiger partial charge in [0.2, 0.25) is 5.91 Å². The number of nitrogen functional groups attached to an aromatic ring is 1. The number of benzene rings is 2. The van der Waals surface area contributed by atoms with Crippen LogP contribution < -0.4 is 5.73 Å². The summed E-state index contributed by atoms with van der Waals surface area (Å²) >= 11 is 0. The Morgan fingerprint density at radius 3 is 2.48 bits per heavy atom. The maximum Gasteiger partial charge on any atom is 0.227 e. The third kappa shape index (κ3) is 3.78. The molecule has 110 valence electrons. The lowest BCUT2D eigenvalue weighted by atomic mass is 10.1. The van der Waals surface area contributed by atoms with Gasteiger partial charge in [0, 0.05) is 24.8 Å². The highest BCUT2D eigenvalue weighted by molar-refractivity contribution is 5.78. The van der Waals surface area contributed by atoms with Gasteiger partial charge in [-0.1, -0.05) is 24.3 Å². The molecule has 2 aromatic rings. The third-order valence-electron chi connectivity index (χ3n) is 3.20. The summed E-state index contributed by atoms with van der Waals surface area (Å²) in [6, 6.07) is 11.0. The first-order valence-electron chi connectivity index (χ1n) is 6.48. The van der Waals surface area contributed by atoms with Gasteiger partial charge >= 0.3 is 0 Å². The minimum Gasteiger partial charge on any atom is -0.399 e. The van der Waals surface area contributed by atoms with Crippen molar-refractivity contribution in [2.75, 3.05) is 12.8 Å². The zero-order valence-corrected chi connectivity index (χ0v) is 11.6. The molecular weight excluding hydrogens is 274 g/mol. The van der Waals surface area contributed by atoms with E-state index in [2.05, 4.69) is 0 Å².